The van der Waals surface area contributed by atoms with Gasteiger partial charge < -0.3 is 15.0 Å². The topological polar surface area (TPSA) is 87.7 Å². The Morgan fingerprint density at radius 3 is 2.41 bits per heavy atom. The summed E-state index contributed by atoms with van der Waals surface area (Å²) in [6, 6.07) is 20.6. The van der Waals surface area contributed by atoms with Gasteiger partial charge in [-0.05, 0) is 49.4 Å². The van der Waals surface area contributed by atoms with Gasteiger partial charge in [0.2, 0.25) is 0 Å². The first kappa shape index (κ1) is 21.9. The van der Waals surface area contributed by atoms with Crippen LogP contribution in [0, 0.1) is 6.92 Å². The maximum atomic E-state index is 12.9. The van der Waals surface area contributed by atoms with Crippen molar-refractivity contribution < 1.29 is 17.9 Å². The molecule has 0 bridgehead atoms. The maximum Gasteiger partial charge on any atom is 0.261 e. The van der Waals surface area contributed by atoms with Crippen LogP contribution in [0.5, 0.6) is 0 Å². The van der Waals surface area contributed by atoms with Gasteiger partial charge in [0.15, 0.2) is 0 Å². The van der Waals surface area contributed by atoms with Crippen molar-refractivity contribution in [1.82, 2.24) is 0 Å². The lowest BCUT2D eigenvalue weighted by molar-refractivity contribution is 0.102. The summed E-state index contributed by atoms with van der Waals surface area (Å²) in [5.74, 6) is -0.318. The van der Waals surface area contributed by atoms with E-state index in [0.717, 1.165) is 24.3 Å². The van der Waals surface area contributed by atoms with Crippen LogP contribution in [0.3, 0.4) is 0 Å². The third-order valence-corrected chi connectivity index (χ3v) is 6.61. The van der Waals surface area contributed by atoms with Gasteiger partial charge >= 0.3 is 0 Å². The minimum Gasteiger partial charge on any atom is -0.378 e. The van der Waals surface area contributed by atoms with E-state index in [4.69, 9.17) is 4.74 Å². The highest BCUT2D eigenvalue weighted by molar-refractivity contribution is 7.92. The molecule has 32 heavy (non-hydrogen) atoms. The Bertz CT molecular complexity index is 1200. The van der Waals surface area contributed by atoms with E-state index in [2.05, 4.69) is 14.9 Å². The number of anilines is 3. The lowest BCUT2D eigenvalue weighted by Crippen LogP contribution is -2.36. The molecule has 2 N–H and O–H groups in total. The average Bonchev–Trinajstić information content (AvgIpc) is 2.80. The molecule has 1 saturated heterocycles. The van der Waals surface area contributed by atoms with E-state index >= 15 is 0 Å². The third kappa shape index (κ3) is 5.09. The van der Waals surface area contributed by atoms with Crippen molar-refractivity contribution in [2.75, 3.05) is 41.2 Å². The first-order chi connectivity index (χ1) is 15.4. The second-order valence-electron chi connectivity index (χ2n) is 7.57. The third-order valence-electron chi connectivity index (χ3n) is 5.21. The molecule has 1 heterocycles. The number of sulfonamides is 1. The van der Waals surface area contributed by atoms with E-state index in [1.165, 1.54) is 6.07 Å². The summed E-state index contributed by atoms with van der Waals surface area (Å²) in [5, 5.41) is 2.95. The molecule has 1 amide bonds. The molecule has 166 valence electrons. The molecule has 0 atom stereocenters. The van der Waals surface area contributed by atoms with E-state index in [-0.39, 0.29) is 10.8 Å². The number of nitrogens with one attached hydrogen (secondary N) is 2. The van der Waals surface area contributed by atoms with Gasteiger partial charge in [0, 0.05) is 24.3 Å². The van der Waals surface area contributed by atoms with Crippen molar-refractivity contribution >= 4 is 33.0 Å². The highest BCUT2D eigenvalue weighted by Gasteiger charge is 2.18. The van der Waals surface area contributed by atoms with Crippen molar-refractivity contribution in [1.29, 1.82) is 0 Å². The number of nitrogens with zero attached hydrogens (tertiary/aromatic N) is 1. The lowest BCUT2D eigenvalue weighted by atomic mass is 10.1. The molecule has 3 aromatic carbocycles. The minimum atomic E-state index is -3.75. The first-order valence-electron chi connectivity index (χ1n) is 10.3. The molecular weight excluding hydrogens is 426 g/mol. The molecule has 1 aliphatic rings. The van der Waals surface area contributed by atoms with Crippen LogP contribution in [0.25, 0.3) is 0 Å². The summed E-state index contributed by atoms with van der Waals surface area (Å²) in [5.41, 5.74) is 3.27. The Balaban J connectivity index is 1.51. The lowest BCUT2D eigenvalue weighted by Gasteiger charge is -2.30. The van der Waals surface area contributed by atoms with Gasteiger partial charge in [-0.2, -0.15) is 0 Å². The van der Waals surface area contributed by atoms with Crippen LogP contribution in [-0.2, 0) is 14.8 Å². The van der Waals surface area contributed by atoms with Crippen LogP contribution >= 0.6 is 0 Å². The fourth-order valence-corrected chi connectivity index (χ4v) is 4.56. The summed E-state index contributed by atoms with van der Waals surface area (Å²) in [6.45, 7) is 4.69. The van der Waals surface area contributed by atoms with Crippen LogP contribution in [0.2, 0.25) is 0 Å². The zero-order chi connectivity index (χ0) is 22.6. The van der Waals surface area contributed by atoms with Crippen molar-refractivity contribution in [3.05, 3.63) is 83.9 Å². The van der Waals surface area contributed by atoms with Gasteiger partial charge in [0.1, 0.15) is 0 Å². The van der Waals surface area contributed by atoms with Gasteiger partial charge in [-0.25, -0.2) is 8.42 Å². The Hall–Kier alpha value is -3.36. The molecule has 0 radical (unpaired) electrons. The van der Waals surface area contributed by atoms with Crippen LogP contribution in [0.4, 0.5) is 17.1 Å². The molecule has 1 aliphatic heterocycles. The average molecular weight is 452 g/mol. The van der Waals surface area contributed by atoms with Crippen molar-refractivity contribution in [2.45, 2.75) is 11.8 Å². The molecule has 0 aliphatic carbocycles. The molecule has 0 unspecified atom stereocenters. The minimum absolute atomic E-state index is 0.164. The molecule has 7 nitrogen and oxygen atoms in total. The normalized spacial score (nSPS) is 14.1. The molecule has 4 rings (SSSR count). The van der Waals surface area contributed by atoms with Crippen molar-refractivity contribution in [2.24, 2.45) is 0 Å². The zero-order valence-corrected chi connectivity index (χ0v) is 18.6. The van der Waals surface area contributed by atoms with E-state index in [0.29, 0.717) is 30.2 Å². The maximum absolute atomic E-state index is 12.9. The van der Waals surface area contributed by atoms with E-state index in [1.807, 2.05) is 31.2 Å². The summed E-state index contributed by atoms with van der Waals surface area (Å²) in [6.07, 6.45) is 0. The molecule has 0 spiro atoms. The highest BCUT2D eigenvalue weighted by atomic mass is 32.2. The number of hydrogen-bond acceptors (Lipinski definition) is 5. The van der Waals surface area contributed by atoms with Crippen LogP contribution in [0.1, 0.15) is 15.9 Å². The molecule has 8 heteroatoms. The second-order valence-corrected chi connectivity index (χ2v) is 9.25. The Morgan fingerprint density at radius 1 is 0.938 bits per heavy atom. The number of para-hydroxylation sites is 2. The number of morpholine rings is 1. The number of hydrogen-bond donors (Lipinski definition) is 2. The fraction of sp³-hybridized carbons (Fsp3) is 0.208. The zero-order valence-electron chi connectivity index (χ0n) is 17.7. The Kier molecular flexibility index (Phi) is 6.43. The molecule has 0 aromatic heterocycles. The number of amides is 1. The number of ether oxygens (including phenoxy) is 1. The van der Waals surface area contributed by atoms with Crippen LogP contribution < -0.4 is 14.9 Å². The van der Waals surface area contributed by atoms with Crippen LogP contribution in [-0.4, -0.2) is 40.6 Å². The standard InChI is InChI=1S/C24H25N3O4S/c1-18-9-11-21(12-10-18)32(29,30)26-20-6-4-5-19(17-20)24(28)25-22-7-2-3-8-23(22)27-13-15-31-16-14-27/h2-12,17,26H,13-16H2,1H3,(H,25,28). The monoisotopic (exact) mass is 451 g/mol. The number of benzene rings is 3. The molecule has 3 aromatic rings. The fourth-order valence-electron chi connectivity index (χ4n) is 3.51. The summed E-state index contributed by atoms with van der Waals surface area (Å²) in [4.78, 5) is 15.3. The molecular formula is C24H25N3O4S. The SMILES string of the molecule is Cc1ccc(S(=O)(=O)Nc2cccc(C(=O)Nc3ccccc3N3CCOCC3)c2)cc1. The predicted molar refractivity (Wildman–Crippen MR) is 126 cm³/mol. The van der Waals surface area contributed by atoms with Gasteiger partial charge in [0.25, 0.3) is 15.9 Å². The van der Waals surface area contributed by atoms with Gasteiger partial charge in [-0.3, -0.25) is 9.52 Å². The molecule has 0 saturated carbocycles. The highest BCUT2D eigenvalue weighted by Crippen LogP contribution is 2.27. The predicted octanol–water partition coefficient (Wildman–Crippen LogP) is 3.88. The largest absolute Gasteiger partial charge is 0.378 e. The Morgan fingerprint density at radius 2 is 1.66 bits per heavy atom. The van der Waals surface area contributed by atoms with E-state index < -0.39 is 10.0 Å². The smallest absolute Gasteiger partial charge is 0.261 e. The summed E-state index contributed by atoms with van der Waals surface area (Å²) in [7, 11) is -3.75. The van der Waals surface area contributed by atoms with Crippen LogP contribution in [0.15, 0.2) is 77.7 Å². The number of aryl methyl sites for hydroxylation is 1. The Labute approximate surface area is 188 Å². The van der Waals surface area contributed by atoms with Gasteiger partial charge in [-0.1, -0.05) is 35.9 Å². The van der Waals surface area contributed by atoms with Crippen molar-refractivity contribution in [3.63, 3.8) is 0 Å². The summed E-state index contributed by atoms with van der Waals surface area (Å²) >= 11 is 0. The first-order valence-corrected chi connectivity index (χ1v) is 11.8. The van der Waals surface area contributed by atoms with E-state index in [1.54, 1.807) is 42.5 Å². The quantitative estimate of drug-likeness (QED) is 0.594. The number of carbonyl (C=O) groups excluding carboxylic acids is 1. The van der Waals surface area contributed by atoms with Gasteiger partial charge in [0.05, 0.1) is 29.5 Å². The second kappa shape index (κ2) is 9.42. The van der Waals surface area contributed by atoms with Crippen molar-refractivity contribution in [3.8, 4) is 0 Å². The van der Waals surface area contributed by atoms with Gasteiger partial charge in [-0.15, -0.1) is 0 Å². The summed E-state index contributed by atoms with van der Waals surface area (Å²) < 4.78 is 33.3. The number of carbonyl (C=O) groups is 1. The molecule has 1 fully saturated rings. The van der Waals surface area contributed by atoms with E-state index in [9.17, 15) is 13.2 Å². The number of rotatable bonds is 6.